The summed E-state index contributed by atoms with van der Waals surface area (Å²) in [6, 6.07) is 3.99. The molecule has 0 bridgehead atoms. The Morgan fingerprint density at radius 3 is 2.88 bits per heavy atom. The zero-order chi connectivity index (χ0) is 11.4. The monoisotopic (exact) mass is 218 g/mol. The van der Waals surface area contributed by atoms with Gasteiger partial charge in [-0.05, 0) is 18.9 Å². The summed E-state index contributed by atoms with van der Waals surface area (Å²) in [6.45, 7) is 1.56. The summed E-state index contributed by atoms with van der Waals surface area (Å²) in [4.78, 5) is 10.5. The fourth-order valence-electron chi connectivity index (χ4n) is 1.83. The van der Waals surface area contributed by atoms with Gasteiger partial charge in [-0.1, -0.05) is 0 Å². The van der Waals surface area contributed by atoms with Crippen LogP contribution in [-0.4, -0.2) is 28.2 Å². The Hall–Kier alpha value is -1.67. The highest BCUT2D eigenvalue weighted by Gasteiger charge is 2.20. The van der Waals surface area contributed by atoms with E-state index < -0.39 is 0 Å². The van der Waals surface area contributed by atoms with Gasteiger partial charge in [-0.3, -0.25) is 0 Å². The Balaban J connectivity index is 2.05. The van der Waals surface area contributed by atoms with Gasteiger partial charge in [0.2, 0.25) is 5.95 Å². The van der Waals surface area contributed by atoms with Gasteiger partial charge in [0, 0.05) is 25.2 Å². The molecule has 0 aliphatic carbocycles. The van der Waals surface area contributed by atoms with Crippen molar-refractivity contribution < 1.29 is 5.11 Å². The van der Waals surface area contributed by atoms with Crippen molar-refractivity contribution in [2.24, 2.45) is 5.92 Å². The van der Waals surface area contributed by atoms with E-state index in [0.717, 1.165) is 25.9 Å². The number of rotatable bonds is 2. The van der Waals surface area contributed by atoms with Gasteiger partial charge in [0.1, 0.15) is 0 Å². The van der Waals surface area contributed by atoms with E-state index >= 15 is 0 Å². The molecule has 1 aromatic heterocycles. The average Bonchev–Trinajstić information content (AvgIpc) is 2.39. The van der Waals surface area contributed by atoms with E-state index in [-0.39, 0.29) is 12.5 Å². The summed E-state index contributed by atoms with van der Waals surface area (Å²) >= 11 is 0. The molecule has 0 amide bonds. The number of aliphatic hydroxyl groups is 1. The molecule has 16 heavy (non-hydrogen) atoms. The highest BCUT2D eigenvalue weighted by molar-refractivity contribution is 5.31. The third kappa shape index (κ3) is 2.28. The Kier molecular flexibility index (Phi) is 3.32. The first-order valence-corrected chi connectivity index (χ1v) is 5.41. The van der Waals surface area contributed by atoms with Crippen molar-refractivity contribution in [1.82, 2.24) is 9.97 Å². The van der Waals surface area contributed by atoms with Crippen LogP contribution in [0.1, 0.15) is 18.5 Å². The predicted octanol–water partition coefficient (Wildman–Crippen LogP) is 0.709. The number of aliphatic hydroxyl groups excluding tert-OH is 1. The topological polar surface area (TPSA) is 73.0 Å². The number of aromatic nitrogens is 2. The van der Waals surface area contributed by atoms with Crippen LogP contribution in [0, 0.1) is 17.2 Å². The molecule has 0 spiro atoms. The largest absolute Gasteiger partial charge is 0.390 e. The van der Waals surface area contributed by atoms with E-state index in [4.69, 9.17) is 10.4 Å². The summed E-state index contributed by atoms with van der Waals surface area (Å²) in [5.41, 5.74) is 0.632. The van der Waals surface area contributed by atoms with Crippen LogP contribution >= 0.6 is 0 Å². The van der Waals surface area contributed by atoms with Crippen molar-refractivity contribution in [2.45, 2.75) is 19.4 Å². The first kappa shape index (κ1) is 10.8. The van der Waals surface area contributed by atoms with Crippen LogP contribution in [-0.2, 0) is 6.61 Å². The molecule has 1 saturated heterocycles. The normalized spacial score (nSPS) is 17.1. The SMILES string of the molecule is N#CC1CCN(c2nccc(CO)n2)CC1. The van der Waals surface area contributed by atoms with Gasteiger partial charge in [0.05, 0.1) is 18.4 Å². The standard InChI is InChI=1S/C11H14N4O/c12-7-9-2-5-15(6-3-9)11-13-4-1-10(8-16)14-11/h1,4,9,16H,2-3,5-6,8H2. The van der Waals surface area contributed by atoms with Crippen molar-refractivity contribution in [3.05, 3.63) is 18.0 Å². The number of nitrogens with zero attached hydrogens (tertiary/aromatic N) is 4. The first-order valence-electron chi connectivity index (χ1n) is 5.41. The lowest BCUT2D eigenvalue weighted by atomic mass is 9.99. The molecular formula is C11H14N4O. The maximum absolute atomic E-state index is 8.99. The fourth-order valence-corrected chi connectivity index (χ4v) is 1.83. The van der Waals surface area contributed by atoms with Crippen molar-refractivity contribution in [3.8, 4) is 6.07 Å². The third-order valence-corrected chi connectivity index (χ3v) is 2.82. The Bertz CT molecular complexity index is 393. The van der Waals surface area contributed by atoms with Crippen LogP contribution in [0.2, 0.25) is 0 Å². The van der Waals surface area contributed by atoms with Crippen molar-refractivity contribution >= 4 is 5.95 Å². The smallest absolute Gasteiger partial charge is 0.225 e. The van der Waals surface area contributed by atoms with Crippen LogP contribution in [0.15, 0.2) is 12.3 Å². The average molecular weight is 218 g/mol. The van der Waals surface area contributed by atoms with Crippen molar-refractivity contribution in [3.63, 3.8) is 0 Å². The molecular weight excluding hydrogens is 204 g/mol. The minimum absolute atomic E-state index is 0.0653. The van der Waals surface area contributed by atoms with Crippen LogP contribution in [0.3, 0.4) is 0 Å². The van der Waals surface area contributed by atoms with Gasteiger partial charge in [-0.15, -0.1) is 0 Å². The number of nitriles is 1. The molecule has 1 aliphatic heterocycles. The Morgan fingerprint density at radius 1 is 1.50 bits per heavy atom. The van der Waals surface area contributed by atoms with Gasteiger partial charge in [-0.2, -0.15) is 5.26 Å². The second kappa shape index (κ2) is 4.90. The maximum Gasteiger partial charge on any atom is 0.225 e. The van der Waals surface area contributed by atoms with Crippen LogP contribution in [0.5, 0.6) is 0 Å². The summed E-state index contributed by atoms with van der Waals surface area (Å²) < 4.78 is 0. The van der Waals surface area contributed by atoms with Crippen LogP contribution < -0.4 is 4.90 Å². The molecule has 0 unspecified atom stereocenters. The maximum atomic E-state index is 8.99. The third-order valence-electron chi connectivity index (χ3n) is 2.82. The molecule has 1 aromatic rings. The number of piperidine rings is 1. The molecule has 0 radical (unpaired) electrons. The molecule has 1 aliphatic rings. The molecule has 0 saturated carbocycles. The quantitative estimate of drug-likeness (QED) is 0.791. The lowest BCUT2D eigenvalue weighted by molar-refractivity contribution is 0.276. The summed E-state index contributed by atoms with van der Waals surface area (Å²) in [5, 5.41) is 17.8. The van der Waals surface area contributed by atoms with Gasteiger partial charge in [-0.25, -0.2) is 9.97 Å². The first-order chi connectivity index (χ1) is 7.83. The van der Waals surface area contributed by atoms with Gasteiger partial charge >= 0.3 is 0 Å². The molecule has 0 atom stereocenters. The van der Waals surface area contributed by atoms with E-state index in [1.54, 1.807) is 12.3 Å². The molecule has 84 valence electrons. The number of hydrogen-bond donors (Lipinski definition) is 1. The van der Waals surface area contributed by atoms with E-state index in [2.05, 4.69) is 20.9 Å². The molecule has 5 nitrogen and oxygen atoms in total. The highest BCUT2D eigenvalue weighted by Crippen LogP contribution is 2.19. The van der Waals surface area contributed by atoms with Crippen molar-refractivity contribution in [1.29, 1.82) is 5.26 Å². The molecule has 5 heteroatoms. The fraction of sp³-hybridized carbons (Fsp3) is 0.545. The van der Waals surface area contributed by atoms with Gasteiger partial charge in [0.25, 0.3) is 0 Å². The number of hydrogen-bond acceptors (Lipinski definition) is 5. The highest BCUT2D eigenvalue weighted by atomic mass is 16.3. The lowest BCUT2D eigenvalue weighted by Crippen LogP contribution is -2.34. The lowest BCUT2D eigenvalue weighted by Gasteiger charge is -2.29. The zero-order valence-electron chi connectivity index (χ0n) is 9.00. The van der Waals surface area contributed by atoms with E-state index in [1.807, 2.05) is 0 Å². The molecule has 0 aromatic carbocycles. The zero-order valence-corrected chi connectivity index (χ0v) is 9.00. The molecule has 2 rings (SSSR count). The molecule has 1 fully saturated rings. The van der Waals surface area contributed by atoms with Crippen LogP contribution in [0.25, 0.3) is 0 Å². The molecule has 2 heterocycles. The van der Waals surface area contributed by atoms with E-state index in [1.165, 1.54) is 0 Å². The minimum atomic E-state index is -0.0653. The van der Waals surface area contributed by atoms with Gasteiger partial charge < -0.3 is 10.0 Å². The Labute approximate surface area is 94.4 Å². The number of anilines is 1. The van der Waals surface area contributed by atoms with E-state index in [0.29, 0.717) is 11.6 Å². The van der Waals surface area contributed by atoms with E-state index in [9.17, 15) is 0 Å². The summed E-state index contributed by atoms with van der Waals surface area (Å²) in [7, 11) is 0. The second-order valence-corrected chi connectivity index (χ2v) is 3.90. The molecule has 1 N–H and O–H groups in total. The predicted molar refractivity (Wildman–Crippen MR) is 58.5 cm³/mol. The van der Waals surface area contributed by atoms with Crippen LogP contribution in [0.4, 0.5) is 5.95 Å². The van der Waals surface area contributed by atoms with Gasteiger partial charge in [0.15, 0.2) is 0 Å². The van der Waals surface area contributed by atoms with Crippen molar-refractivity contribution in [2.75, 3.05) is 18.0 Å². The summed E-state index contributed by atoms with van der Waals surface area (Å²) in [5.74, 6) is 0.820. The second-order valence-electron chi connectivity index (χ2n) is 3.90. The summed E-state index contributed by atoms with van der Waals surface area (Å²) in [6.07, 6.45) is 3.39. The minimum Gasteiger partial charge on any atom is -0.390 e. The Morgan fingerprint density at radius 2 is 2.25 bits per heavy atom.